The van der Waals surface area contributed by atoms with Gasteiger partial charge in [-0.1, -0.05) is 12.1 Å². The second-order valence-electron chi connectivity index (χ2n) is 6.73. The van der Waals surface area contributed by atoms with Gasteiger partial charge in [0.15, 0.2) is 0 Å². The molecule has 9 heteroatoms. The molecule has 0 saturated heterocycles. The van der Waals surface area contributed by atoms with Crippen molar-refractivity contribution in [3.63, 3.8) is 0 Å². The van der Waals surface area contributed by atoms with Gasteiger partial charge in [0, 0.05) is 11.3 Å². The molecular weight excluding hydrogens is 395 g/mol. The number of amides is 1. The van der Waals surface area contributed by atoms with Gasteiger partial charge in [0.1, 0.15) is 5.82 Å². The first-order chi connectivity index (χ1) is 13.6. The molecule has 0 radical (unpaired) electrons. The van der Waals surface area contributed by atoms with Crippen LogP contribution in [0.1, 0.15) is 29.8 Å². The highest BCUT2D eigenvalue weighted by Gasteiger charge is 2.17. The second kappa shape index (κ2) is 8.14. The van der Waals surface area contributed by atoms with E-state index in [0.29, 0.717) is 5.56 Å². The number of carbonyl (C=O) groups excluding carboxylic acids is 1. The molecule has 1 aromatic heterocycles. The first-order valence-corrected chi connectivity index (χ1v) is 10.4. The summed E-state index contributed by atoms with van der Waals surface area (Å²) in [7, 11) is -3.76. The summed E-state index contributed by atoms with van der Waals surface area (Å²) in [4.78, 5) is 12.4. The summed E-state index contributed by atoms with van der Waals surface area (Å²) < 4.78 is 37.4. The minimum atomic E-state index is -3.76. The molecule has 3 aromatic rings. The van der Waals surface area contributed by atoms with Crippen LogP contribution >= 0.6 is 0 Å². The Balaban J connectivity index is 1.68. The van der Waals surface area contributed by atoms with Gasteiger partial charge in [0.05, 0.1) is 29.2 Å². The highest BCUT2D eigenvalue weighted by Crippen LogP contribution is 2.20. The van der Waals surface area contributed by atoms with Crippen molar-refractivity contribution in [1.82, 2.24) is 15.1 Å². The lowest BCUT2D eigenvalue weighted by atomic mass is 10.1. The molecular formula is C20H21FN4O3S. The minimum Gasteiger partial charge on any atom is -0.349 e. The van der Waals surface area contributed by atoms with Crippen LogP contribution in [0.3, 0.4) is 0 Å². The molecule has 152 valence electrons. The number of hydrogen-bond acceptors (Lipinski definition) is 4. The molecule has 2 aromatic carbocycles. The predicted octanol–water partition coefficient (Wildman–Crippen LogP) is 2.39. The van der Waals surface area contributed by atoms with Crippen molar-refractivity contribution in [2.75, 3.05) is 0 Å². The van der Waals surface area contributed by atoms with E-state index in [1.165, 1.54) is 24.3 Å². The van der Waals surface area contributed by atoms with Gasteiger partial charge in [0.2, 0.25) is 15.9 Å². The van der Waals surface area contributed by atoms with Crippen LogP contribution in [0.25, 0.3) is 5.69 Å². The minimum absolute atomic E-state index is 0.00106. The third kappa shape index (κ3) is 4.87. The van der Waals surface area contributed by atoms with E-state index in [2.05, 4.69) is 10.4 Å². The maximum atomic E-state index is 13.1. The highest BCUT2D eigenvalue weighted by atomic mass is 32.2. The van der Waals surface area contributed by atoms with Gasteiger partial charge in [-0.3, -0.25) is 4.79 Å². The fourth-order valence-electron chi connectivity index (χ4n) is 3.04. The molecule has 0 aliphatic heterocycles. The molecule has 3 rings (SSSR count). The van der Waals surface area contributed by atoms with E-state index in [-0.39, 0.29) is 29.1 Å². The maximum absolute atomic E-state index is 13.1. The van der Waals surface area contributed by atoms with Crippen LogP contribution in [0.2, 0.25) is 0 Å². The van der Waals surface area contributed by atoms with E-state index < -0.39 is 10.0 Å². The quantitative estimate of drug-likeness (QED) is 0.643. The number of nitrogens with two attached hydrogens (primary N) is 1. The van der Waals surface area contributed by atoms with Crippen molar-refractivity contribution >= 4 is 15.9 Å². The zero-order valence-corrected chi connectivity index (χ0v) is 16.8. The zero-order chi connectivity index (χ0) is 21.2. The molecule has 0 aliphatic rings. The van der Waals surface area contributed by atoms with Gasteiger partial charge >= 0.3 is 0 Å². The summed E-state index contributed by atoms with van der Waals surface area (Å²) >= 11 is 0. The molecule has 3 N–H and O–H groups in total. The number of nitrogens with zero attached hydrogens (tertiary/aromatic N) is 2. The van der Waals surface area contributed by atoms with Crippen molar-refractivity contribution < 1.29 is 17.6 Å². The fourth-order valence-corrected chi connectivity index (χ4v) is 3.56. The Hall–Kier alpha value is -3.04. The zero-order valence-electron chi connectivity index (χ0n) is 16.0. The van der Waals surface area contributed by atoms with E-state index in [9.17, 15) is 17.6 Å². The lowest BCUT2D eigenvalue weighted by Gasteiger charge is -2.14. The molecule has 1 amide bonds. The van der Waals surface area contributed by atoms with Crippen molar-refractivity contribution in [2.45, 2.75) is 31.2 Å². The first kappa shape index (κ1) is 20.7. The largest absolute Gasteiger partial charge is 0.349 e. The number of sulfonamides is 1. The lowest BCUT2D eigenvalue weighted by Crippen LogP contribution is -2.28. The maximum Gasteiger partial charge on any atom is 0.238 e. The van der Waals surface area contributed by atoms with Crippen LogP contribution in [0, 0.1) is 12.7 Å². The summed E-state index contributed by atoms with van der Waals surface area (Å²) in [6.45, 7) is 3.72. The second-order valence-corrected chi connectivity index (χ2v) is 8.29. The number of carbonyl (C=O) groups is 1. The topological polar surface area (TPSA) is 107 Å². The van der Waals surface area contributed by atoms with Gasteiger partial charge in [-0.25, -0.2) is 22.6 Å². The smallest absolute Gasteiger partial charge is 0.238 e. The van der Waals surface area contributed by atoms with Crippen molar-refractivity contribution in [2.24, 2.45) is 5.14 Å². The molecule has 1 atom stereocenters. The van der Waals surface area contributed by atoms with Crippen molar-refractivity contribution in [1.29, 1.82) is 0 Å². The summed E-state index contributed by atoms with van der Waals surface area (Å²) in [5, 5.41) is 12.3. The molecule has 0 bridgehead atoms. The Morgan fingerprint density at radius 3 is 2.38 bits per heavy atom. The summed E-state index contributed by atoms with van der Waals surface area (Å²) in [6, 6.07) is 11.6. The molecule has 0 spiro atoms. The van der Waals surface area contributed by atoms with Crippen LogP contribution in [-0.4, -0.2) is 24.1 Å². The molecule has 29 heavy (non-hydrogen) atoms. The molecule has 0 aliphatic carbocycles. The van der Waals surface area contributed by atoms with Gasteiger partial charge < -0.3 is 5.32 Å². The van der Waals surface area contributed by atoms with Crippen LogP contribution in [0.5, 0.6) is 0 Å². The average molecular weight is 416 g/mol. The molecule has 1 heterocycles. The number of primary sulfonamides is 1. The van der Waals surface area contributed by atoms with Crippen LogP contribution in [-0.2, 0) is 21.2 Å². The Morgan fingerprint density at radius 1 is 1.17 bits per heavy atom. The first-order valence-electron chi connectivity index (χ1n) is 8.86. The van der Waals surface area contributed by atoms with Gasteiger partial charge in [-0.05, 0) is 55.8 Å². The van der Waals surface area contributed by atoms with Gasteiger partial charge in [-0.2, -0.15) is 5.10 Å². The monoisotopic (exact) mass is 416 g/mol. The third-order valence-electron chi connectivity index (χ3n) is 4.58. The number of aromatic nitrogens is 2. The van der Waals surface area contributed by atoms with Crippen LogP contribution in [0.4, 0.5) is 4.39 Å². The number of benzene rings is 2. The normalized spacial score (nSPS) is 12.6. The molecule has 0 saturated carbocycles. The number of halogens is 1. The van der Waals surface area contributed by atoms with Gasteiger partial charge in [0.25, 0.3) is 0 Å². The Bertz CT molecular complexity index is 1120. The van der Waals surface area contributed by atoms with Gasteiger partial charge in [-0.15, -0.1) is 0 Å². The molecule has 7 nitrogen and oxygen atoms in total. The Labute approximate surface area is 168 Å². The van der Waals surface area contributed by atoms with Crippen molar-refractivity contribution in [3.05, 3.63) is 77.4 Å². The highest BCUT2D eigenvalue weighted by molar-refractivity contribution is 7.89. The standard InChI is InChI=1S/C20H21FN4O3S/c1-13(19-12-23-25(14(19)2)17-7-5-16(21)6-8-17)24-20(26)11-15-3-9-18(10-4-15)29(22,27)28/h3-10,12-13H,11H2,1-2H3,(H,24,26)(H2,22,27,28). The summed E-state index contributed by atoms with van der Waals surface area (Å²) in [5.41, 5.74) is 3.07. The number of rotatable bonds is 6. The average Bonchev–Trinajstić information content (AvgIpc) is 3.03. The molecule has 1 unspecified atom stereocenters. The van der Waals surface area contributed by atoms with E-state index in [1.807, 2.05) is 13.8 Å². The SMILES string of the molecule is Cc1c(C(C)NC(=O)Cc2ccc(S(N)(=O)=O)cc2)cnn1-c1ccc(F)cc1. The predicted molar refractivity (Wildman–Crippen MR) is 106 cm³/mol. The fraction of sp³-hybridized carbons (Fsp3) is 0.200. The van der Waals surface area contributed by atoms with E-state index in [4.69, 9.17) is 5.14 Å². The van der Waals surface area contributed by atoms with E-state index in [0.717, 1.165) is 16.9 Å². The molecule has 0 fully saturated rings. The summed E-state index contributed by atoms with van der Waals surface area (Å²) in [6.07, 6.45) is 1.77. The lowest BCUT2D eigenvalue weighted by molar-refractivity contribution is -0.121. The number of hydrogen-bond donors (Lipinski definition) is 2. The van der Waals surface area contributed by atoms with Crippen LogP contribution in [0.15, 0.2) is 59.6 Å². The Kier molecular flexibility index (Phi) is 5.81. The summed E-state index contributed by atoms with van der Waals surface area (Å²) in [5.74, 6) is -0.536. The third-order valence-corrected chi connectivity index (χ3v) is 5.51. The van der Waals surface area contributed by atoms with Crippen molar-refractivity contribution in [3.8, 4) is 5.69 Å². The number of nitrogens with one attached hydrogen (secondary N) is 1. The van der Waals surface area contributed by atoms with Crippen LogP contribution < -0.4 is 10.5 Å². The van der Waals surface area contributed by atoms with E-state index in [1.54, 1.807) is 35.1 Å². The van der Waals surface area contributed by atoms with E-state index >= 15 is 0 Å². The Morgan fingerprint density at radius 2 is 1.79 bits per heavy atom.